The zero-order valence-electron chi connectivity index (χ0n) is 6.06. The quantitative estimate of drug-likeness (QED) is 0.470. The third-order valence-electron chi connectivity index (χ3n) is 1.34. The Hall–Kier alpha value is -0.0800. The maximum absolute atomic E-state index is 10.2. The van der Waals surface area contributed by atoms with Crippen LogP contribution in [-0.4, -0.2) is 24.2 Å². The van der Waals surface area contributed by atoms with Gasteiger partial charge in [0.15, 0.2) is 0 Å². The van der Waals surface area contributed by atoms with Gasteiger partial charge in [-0.25, -0.2) is 5.11 Å². The van der Waals surface area contributed by atoms with Gasteiger partial charge in [-0.15, -0.1) is 0 Å². The van der Waals surface area contributed by atoms with Gasteiger partial charge in [0, 0.05) is 5.54 Å². The molecule has 0 saturated heterocycles. The highest BCUT2D eigenvalue weighted by Gasteiger charge is 2.15. The molecule has 0 unspecified atom stereocenters. The Morgan fingerprint density at radius 1 is 1.38 bits per heavy atom. The van der Waals surface area contributed by atoms with Gasteiger partial charge in [-0.2, -0.15) is 0 Å². The average Bonchev–Trinajstić information content (AvgIpc) is 1.62. The van der Waals surface area contributed by atoms with E-state index in [1.807, 2.05) is 27.8 Å². The van der Waals surface area contributed by atoms with Crippen molar-refractivity contribution in [2.75, 3.05) is 13.8 Å². The van der Waals surface area contributed by atoms with Crippen molar-refractivity contribution in [2.24, 2.45) is 0 Å². The number of rotatable bonds is 1. The van der Waals surface area contributed by atoms with Crippen LogP contribution in [0.4, 0.5) is 0 Å². The van der Waals surface area contributed by atoms with E-state index in [4.69, 9.17) is 0 Å². The highest BCUT2D eigenvalue weighted by molar-refractivity contribution is 4.69. The van der Waals surface area contributed by atoms with E-state index in [0.717, 1.165) is 0 Å². The molecule has 0 aliphatic heterocycles. The van der Waals surface area contributed by atoms with Crippen molar-refractivity contribution < 1.29 is 5.11 Å². The first kappa shape index (κ1) is 7.92. The Labute approximate surface area is 51.1 Å². The van der Waals surface area contributed by atoms with E-state index in [-0.39, 0.29) is 12.3 Å². The van der Waals surface area contributed by atoms with Crippen molar-refractivity contribution in [3.05, 3.63) is 0 Å². The minimum Gasteiger partial charge on any atom is -0.276 e. The Kier molecular flexibility index (Phi) is 2.44. The lowest BCUT2D eigenvalue weighted by atomic mass is 10.1. The molecule has 8 heavy (non-hydrogen) atoms. The molecule has 0 aromatic rings. The van der Waals surface area contributed by atoms with E-state index in [1.165, 1.54) is 0 Å². The van der Waals surface area contributed by atoms with Crippen LogP contribution in [0.2, 0.25) is 0 Å². The van der Waals surface area contributed by atoms with Crippen molar-refractivity contribution in [1.29, 1.82) is 0 Å². The molecule has 0 saturated carbocycles. The van der Waals surface area contributed by atoms with Gasteiger partial charge in [0.25, 0.3) is 0 Å². The molecule has 0 aromatic heterocycles. The first-order chi connectivity index (χ1) is 3.48. The van der Waals surface area contributed by atoms with E-state index in [0.29, 0.717) is 0 Å². The zero-order valence-corrected chi connectivity index (χ0v) is 6.06. The molecule has 0 aliphatic rings. The SMILES string of the molecule is CN(C[O])C(C)(C)C. The lowest BCUT2D eigenvalue weighted by Crippen LogP contribution is -2.38. The third-order valence-corrected chi connectivity index (χ3v) is 1.34. The molecule has 0 fully saturated rings. The summed E-state index contributed by atoms with van der Waals surface area (Å²) < 4.78 is 0. The first-order valence-electron chi connectivity index (χ1n) is 2.78. The second-order valence-corrected chi connectivity index (χ2v) is 3.00. The fourth-order valence-electron chi connectivity index (χ4n) is 0.194. The normalized spacial score (nSPS) is 12.8. The number of hydrogen-bond donors (Lipinski definition) is 0. The summed E-state index contributed by atoms with van der Waals surface area (Å²) >= 11 is 0. The number of nitrogens with zero attached hydrogens (tertiary/aromatic N) is 1. The summed E-state index contributed by atoms with van der Waals surface area (Å²) in [4.78, 5) is 1.76. The van der Waals surface area contributed by atoms with E-state index >= 15 is 0 Å². The van der Waals surface area contributed by atoms with Crippen molar-refractivity contribution in [3.8, 4) is 0 Å². The van der Waals surface area contributed by atoms with Crippen molar-refractivity contribution in [1.82, 2.24) is 4.90 Å². The Morgan fingerprint density at radius 2 is 1.75 bits per heavy atom. The minimum atomic E-state index is -0.122. The van der Waals surface area contributed by atoms with Gasteiger partial charge in [-0.05, 0) is 27.8 Å². The van der Waals surface area contributed by atoms with E-state index in [2.05, 4.69) is 0 Å². The zero-order chi connectivity index (χ0) is 6.78. The molecule has 2 nitrogen and oxygen atoms in total. The summed E-state index contributed by atoms with van der Waals surface area (Å²) in [5, 5.41) is 10.2. The van der Waals surface area contributed by atoms with Gasteiger partial charge in [-0.3, -0.25) is 4.90 Å². The largest absolute Gasteiger partial charge is 0.276 e. The molecule has 0 spiro atoms. The number of hydrogen-bond acceptors (Lipinski definition) is 1. The second-order valence-electron chi connectivity index (χ2n) is 3.00. The van der Waals surface area contributed by atoms with Crippen LogP contribution in [0.15, 0.2) is 0 Å². The molecule has 49 valence electrons. The molecule has 0 rings (SSSR count). The third kappa shape index (κ3) is 2.28. The summed E-state index contributed by atoms with van der Waals surface area (Å²) in [6.45, 7) is 5.93. The molecular formula is C6H14NO. The van der Waals surface area contributed by atoms with Gasteiger partial charge in [0.2, 0.25) is 0 Å². The van der Waals surface area contributed by atoms with Gasteiger partial charge in [-0.1, -0.05) is 0 Å². The van der Waals surface area contributed by atoms with Crippen molar-refractivity contribution in [2.45, 2.75) is 26.3 Å². The molecule has 0 heterocycles. The van der Waals surface area contributed by atoms with Crippen molar-refractivity contribution >= 4 is 0 Å². The minimum absolute atomic E-state index is 0.0295. The van der Waals surface area contributed by atoms with E-state index in [1.54, 1.807) is 4.90 Å². The topological polar surface area (TPSA) is 23.1 Å². The summed E-state index contributed by atoms with van der Waals surface area (Å²) in [7, 11) is 1.83. The fraction of sp³-hybridized carbons (Fsp3) is 1.00. The van der Waals surface area contributed by atoms with Crippen LogP contribution in [0.1, 0.15) is 20.8 Å². The Bertz CT molecular complexity index is 65.4. The fourth-order valence-corrected chi connectivity index (χ4v) is 0.194. The van der Waals surface area contributed by atoms with Crippen molar-refractivity contribution in [3.63, 3.8) is 0 Å². The summed E-state index contributed by atoms with van der Waals surface area (Å²) in [6, 6.07) is 0. The maximum Gasteiger partial charge on any atom is 0.135 e. The van der Waals surface area contributed by atoms with Crippen LogP contribution < -0.4 is 0 Å². The predicted octanol–water partition coefficient (Wildman–Crippen LogP) is 1.10. The smallest absolute Gasteiger partial charge is 0.135 e. The predicted molar refractivity (Wildman–Crippen MR) is 33.1 cm³/mol. The lowest BCUT2D eigenvalue weighted by Gasteiger charge is -2.28. The molecular weight excluding hydrogens is 102 g/mol. The van der Waals surface area contributed by atoms with Gasteiger partial charge < -0.3 is 0 Å². The van der Waals surface area contributed by atoms with Gasteiger partial charge >= 0.3 is 0 Å². The highest BCUT2D eigenvalue weighted by Crippen LogP contribution is 2.07. The van der Waals surface area contributed by atoms with Crippen LogP contribution in [0.5, 0.6) is 0 Å². The molecule has 0 aliphatic carbocycles. The lowest BCUT2D eigenvalue weighted by molar-refractivity contribution is 0.0150. The monoisotopic (exact) mass is 116 g/mol. The average molecular weight is 116 g/mol. The Balaban J connectivity index is 3.62. The molecule has 1 radical (unpaired) electrons. The van der Waals surface area contributed by atoms with Crippen LogP contribution in [-0.2, 0) is 5.11 Å². The maximum atomic E-state index is 10.2. The molecule has 0 amide bonds. The molecule has 2 heteroatoms. The standard InChI is InChI=1S/C6H14NO/c1-6(2,3)7(4)5-8/h5H2,1-4H3. The molecule has 0 aromatic carbocycles. The second kappa shape index (κ2) is 2.46. The van der Waals surface area contributed by atoms with Crippen LogP contribution in [0, 0.1) is 0 Å². The molecule has 0 atom stereocenters. The Morgan fingerprint density at radius 3 is 1.75 bits per heavy atom. The highest BCUT2D eigenvalue weighted by atomic mass is 16.3. The van der Waals surface area contributed by atoms with Crippen LogP contribution in [0.3, 0.4) is 0 Å². The van der Waals surface area contributed by atoms with E-state index < -0.39 is 0 Å². The van der Waals surface area contributed by atoms with E-state index in [9.17, 15) is 5.11 Å². The summed E-state index contributed by atoms with van der Waals surface area (Å²) in [5.74, 6) is 0. The first-order valence-corrected chi connectivity index (χ1v) is 2.78. The molecule has 0 bridgehead atoms. The molecule has 0 N–H and O–H groups in total. The van der Waals surface area contributed by atoms with Crippen LogP contribution >= 0.6 is 0 Å². The summed E-state index contributed by atoms with van der Waals surface area (Å²) in [5.41, 5.74) is 0.0295. The summed E-state index contributed by atoms with van der Waals surface area (Å²) in [6.07, 6.45) is 0. The van der Waals surface area contributed by atoms with Gasteiger partial charge in [0.05, 0.1) is 0 Å². The van der Waals surface area contributed by atoms with Gasteiger partial charge in [0.1, 0.15) is 6.73 Å². The van der Waals surface area contributed by atoms with Crippen LogP contribution in [0.25, 0.3) is 0 Å².